The third-order valence-corrected chi connectivity index (χ3v) is 2.29. The molecule has 0 spiro atoms. The van der Waals surface area contributed by atoms with Gasteiger partial charge in [-0.25, -0.2) is 4.79 Å². The maximum atomic E-state index is 13.4. The number of benzene rings is 1. The number of carbonyl (C=O) groups excluding carboxylic acids is 1. The summed E-state index contributed by atoms with van der Waals surface area (Å²) in [6.45, 7) is 0. The lowest BCUT2D eigenvalue weighted by Gasteiger charge is -2.02. The SMILES string of the molecule is CNC(=O)c1cc2ccc(O)c(F)c2oc1=O. The molecule has 2 N–H and O–H groups in total. The molecule has 0 bridgehead atoms. The van der Waals surface area contributed by atoms with Crippen LogP contribution in [-0.4, -0.2) is 18.1 Å². The number of hydrogen-bond donors (Lipinski definition) is 2. The number of fused-ring (bicyclic) bond motifs is 1. The Morgan fingerprint density at radius 1 is 1.47 bits per heavy atom. The molecule has 0 saturated heterocycles. The molecule has 1 aromatic carbocycles. The summed E-state index contributed by atoms with van der Waals surface area (Å²) in [5.41, 5.74) is -1.55. The van der Waals surface area contributed by atoms with E-state index in [4.69, 9.17) is 5.11 Å². The highest BCUT2D eigenvalue weighted by atomic mass is 19.1. The van der Waals surface area contributed by atoms with Gasteiger partial charge in [-0.3, -0.25) is 4.79 Å². The van der Waals surface area contributed by atoms with Crippen molar-refractivity contribution in [3.05, 3.63) is 40.0 Å². The molecular weight excluding hydrogens is 229 g/mol. The van der Waals surface area contributed by atoms with Crippen LogP contribution >= 0.6 is 0 Å². The van der Waals surface area contributed by atoms with E-state index < -0.39 is 23.1 Å². The molecule has 1 heterocycles. The normalized spacial score (nSPS) is 10.5. The average molecular weight is 237 g/mol. The predicted molar refractivity (Wildman–Crippen MR) is 57.5 cm³/mol. The standard InChI is InChI=1S/C11H8FNO4/c1-13-10(15)6-4-5-2-3-7(14)8(12)9(5)17-11(6)16/h2-4,14H,1H3,(H,13,15). The van der Waals surface area contributed by atoms with Crippen molar-refractivity contribution < 1.29 is 18.7 Å². The van der Waals surface area contributed by atoms with Crippen molar-refractivity contribution in [2.75, 3.05) is 7.05 Å². The third-order valence-electron chi connectivity index (χ3n) is 2.29. The van der Waals surface area contributed by atoms with Gasteiger partial charge in [-0.15, -0.1) is 0 Å². The first-order valence-corrected chi connectivity index (χ1v) is 4.72. The zero-order valence-electron chi connectivity index (χ0n) is 8.78. The van der Waals surface area contributed by atoms with Gasteiger partial charge in [-0.05, 0) is 18.2 Å². The van der Waals surface area contributed by atoms with Crippen LogP contribution in [0.15, 0.2) is 27.4 Å². The van der Waals surface area contributed by atoms with Gasteiger partial charge in [-0.1, -0.05) is 0 Å². The van der Waals surface area contributed by atoms with Crippen molar-refractivity contribution in [1.82, 2.24) is 5.32 Å². The van der Waals surface area contributed by atoms with Gasteiger partial charge in [0.15, 0.2) is 11.3 Å². The first-order valence-electron chi connectivity index (χ1n) is 4.72. The number of phenols is 1. The van der Waals surface area contributed by atoms with E-state index in [1.54, 1.807) is 0 Å². The van der Waals surface area contributed by atoms with Crippen LogP contribution in [0.1, 0.15) is 10.4 Å². The minimum absolute atomic E-state index is 0.218. The minimum Gasteiger partial charge on any atom is -0.505 e. The summed E-state index contributed by atoms with van der Waals surface area (Å²) in [7, 11) is 1.36. The fourth-order valence-corrected chi connectivity index (χ4v) is 1.43. The number of carbonyl (C=O) groups is 1. The van der Waals surface area contributed by atoms with Crippen molar-refractivity contribution in [2.24, 2.45) is 0 Å². The number of halogens is 1. The highest BCUT2D eigenvalue weighted by Crippen LogP contribution is 2.24. The van der Waals surface area contributed by atoms with Gasteiger partial charge in [0, 0.05) is 12.4 Å². The Bertz CT molecular complexity index is 662. The predicted octanol–water partition coefficient (Wildman–Crippen LogP) is 0.997. The summed E-state index contributed by atoms with van der Waals surface area (Å²) in [5, 5.41) is 11.6. The van der Waals surface area contributed by atoms with Crippen LogP contribution in [-0.2, 0) is 0 Å². The Balaban J connectivity index is 2.80. The molecule has 6 heteroatoms. The van der Waals surface area contributed by atoms with Crippen LogP contribution < -0.4 is 10.9 Å². The largest absolute Gasteiger partial charge is 0.505 e. The van der Waals surface area contributed by atoms with Gasteiger partial charge in [0.25, 0.3) is 5.91 Å². The van der Waals surface area contributed by atoms with Crippen LogP contribution in [0.5, 0.6) is 5.75 Å². The third kappa shape index (κ3) is 1.73. The van der Waals surface area contributed by atoms with Gasteiger partial charge in [0.1, 0.15) is 5.56 Å². The van der Waals surface area contributed by atoms with Gasteiger partial charge in [0.05, 0.1) is 0 Å². The first-order chi connectivity index (χ1) is 8.04. The van der Waals surface area contributed by atoms with Crippen molar-refractivity contribution in [1.29, 1.82) is 0 Å². The average Bonchev–Trinajstić information content (AvgIpc) is 2.33. The van der Waals surface area contributed by atoms with Crippen molar-refractivity contribution in [3.8, 4) is 5.75 Å². The van der Waals surface area contributed by atoms with E-state index in [2.05, 4.69) is 9.73 Å². The summed E-state index contributed by atoms with van der Waals surface area (Å²) in [6, 6.07) is 3.68. The maximum Gasteiger partial charge on any atom is 0.349 e. The number of aromatic hydroxyl groups is 1. The quantitative estimate of drug-likeness (QED) is 0.725. The Hall–Kier alpha value is -2.37. The van der Waals surface area contributed by atoms with Crippen molar-refractivity contribution in [3.63, 3.8) is 0 Å². The highest BCUT2D eigenvalue weighted by molar-refractivity contribution is 5.96. The molecule has 0 aliphatic rings. The molecule has 0 saturated carbocycles. The Kier molecular flexibility index (Phi) is 2.55. The molecule has 1 aromatic heterocycles. The summed E-state index contributed by atoms with van der Waals surface area (Å²) in [5.74, 6) is -2.26. The fraction of sp³-hybridized carbons (Fsp3) is 0.0909. The summed E-state index contributed by atoms with van der Waals surface area (Å²) in [6.07, 6.45) is 0. The van der Waals surface area contributed by atoms with E-state index in [-0.39, 0.29) is 16.5 Å². The molecule has 0 fully saturated rings. The highest BCUT2D eigenvalue weighted by Gasteiger charge is 2.15. The second-order valence-electron chi connectivity index (χ2n) is 3.34. The Morgan fingerprint density at radius 2 is 2.18 bits per heavy atom. The summed E-state index contributed by atoms with van der Waals surface area (Å²) in [4.78, 5) is 22.7. The molecule has 0 aliphatic carbocycles. The van der Waals surface area contributed by atoms with Gasteiger partial charge in [-0.2, -0.15) is 4.39 Å². The summed E-state index contributed by atoms with van der Waals surface area (Å²) >= 11 is 0. The molecule has 1 amide bonds. The molecule has 88 valence electrons. The summed E-state index contributed by atoms with van der Waals surface area (Å²) < 4.78 is 18.1. The lowest BCUT2D eigenvalue weighted by molar-refractivity contribution is 0.0959. The molecule has 2 aromatic rings. The second-order valence-corrected chi connectivity index (χ2v) is 3.34. The molecule has 0 unspecified atom stereocenters. The fourth-order valence-electron chi connectivity index (χ4n) is 1.43. The molecule has 0 aliphatic heterocycles. The monoisotopic (exact) mass is 237 g/mol. The lowest BCUT2D eigenvalue weighted by Crippen LogP contribution is -2.24. The first kappa shape index (κ1) is 11.1. The molecule has 0 radical (unpaired) electrons. The van der Waals surface area contributed by atoms with E-state index in [0.29, 0.717) is 0 Å². The van der Waals surface area contributed by atoms with Crippen molar-refractivity contribution in [2.45, 2.75) is 0 Å². The number of nitrogens with one attached hydrogen (secondary N) is 1. The van der Waals surface area contributed by atoms with Crippen LogP contribution in [0.4, 0.5) is 4.39 Å². The van der Waals surface area contributed by atoms with Gasteiger partial charge < -0.3 is 14.8 Å². The van der Waals surface area contributed by atoms with E-state index in [1.807, 2.05) is 0 Å². The van der Waals surface area contributed by atoms with Crippen LogP contribution in [0.3, 0.4) is 0 Å². The topological polar surface area (TPSA) is 79.5 Å². The molecular formula is C11H8FNO4. The van der Waals surface area contributed by atoms with Crippen LogP contribution in [0.25, 0.3) is 11.0 Å². The number of rotatable bonds is 1. The van der Waals surface area contributed by atoms with E-state index in [0.717, 1.165) is 6.07 Å². The molecule has 17 heavy (non-hydrogen) atoms. The second kappa shape index (κ2) is 3.89. The molecule has 0 atom stereocenters. The Morgan fingerprint density at radius 3 is 2.82 bits per heavy atom. The zero-order valence-corrected chi connectivity index (χ0v) is 8.78. The molecule has 2 rings (SSSR count). The smallest absolute Gasteiger partial charge is 0.349 e. The van der Waals surface area contributed by atoms with E-state index >= 15 is 0 Å². The van der Waals surface area contributed by atoms with Gasteiger partial charge >= 0.3 is 5.63 Å². The van der Waals surface area contributed by atoms with Crippen molar-refractivity contribution >= 4 is 16.9 Å². The Labute approximate surface area is 94.5 Å². The van der Waals surface area contributed by atoms with E-state index in [9.17, 15) is 14.0 Å². The number of amides is 1. The van der Waals surface area contributed by atoms with Gasteiger partial charge in [0.2, 0.25) is 5.82 Å². The zero-order chi connectivity index (χ0) is 12.6. The molecule has 5 nitrogen and oxygen atoms in total. The number of phenolic OH excluding ortho intramolecular Hbond substituents is 1. The van der Waals surface area contributed by atoms with Crippen LogP contribution in [0, 0.1) is 5.82 Å². The van der Waals surface area contributed by atoms with E-state index in [1.165, 1.54) is 19.2 Å². The number of hydrogen-bond acceptors (Lipinski definition) is 4. The minimum atomic E-state index is -1.02. The van der Waals surface area contributed by atoms with Crippen LogP contribution in [0.2, 0.25) is 0 Å². The maximum absolute atomic E-state index is 13.4. The lowest BCUT2D eigenvalue weighted by atomic mass is 10.1.